The molecule has 0 bridgehead atoms. The number of aliphatic hydroxyl groups excluding tert-OH is 1. The number of piperidine rings is 1. The third kappa shape index (κ3) is 4.76. The SMILES string of the molecule is COc1ccc(-c2cc(C)c3ncnc(N4CCc5ccc(C(=O)N6CC[C@H](O)[C@H](F)C6)cc5C4)c3c2)nn1. The highest BCUT2D eigenvalue weighted by molar-refractivity contribution is 5.96. The van der Waals surface area contributed by atoms with E-state index in [0.29, 0.717) is 24.5 Å². The minimum Gasteiger partial charge on any atom is -0.480 e. The summed E-state index contributed by atoms with van der Waals surface area (Å²) in [5, 5.41) is 19.0. The van der Waals surface area contributed by atoms with Crippen LogP contribution in [0.2, 0.25) is 0 Å². The summed E-state index contributed by atoms with van der Waals surface area (Å²) in [5.41, 5.74) is 6.27. The van der Waals surface area contributed by atoms with Crippen LogP contribution in [-0.4, -0.2) is 75.1 Å². The molecular weight excluding hydrogens is 499 g/mol. The Labute approximate surface area is 225 Å². The number of methoxy groups -OCH3 is 1. The topological polar surface area (TPSA) is 105 Å². The van der Waals surface area contributed by atoms with Gasteiger partial charge < -0.3 is 19.6 Å². The number of aromatic nitrogens is 4. The number of hydrogen-bond donors (Lipinski definition) is 1. The first kappa shape index (κ1) is 25.1. The Morgan fingerprint density at radius 1 is 1.08 bits per heavy atom. The maximum Gasteiger partial charge on any atom is 0.253 e. The van der Waals surface area contributed by atoms with Gasteiger partial charge in [-0.15, -0.1) is 10.2 Å². The van der Waals surface area contributed by atoms with Crippen molar-refractivity contribution in [3.63, 3.8) is 0 Å². The lowest BCUT2D eigenvalue weighted by atomic mass is 9.96. The van der Waals surface area contributed by atoms with E-state index in [9.17, 15) is 14.3 Å². The Morgan fingerprint density at radius 3 is 2.72 bits per heavy atom. The van der Waals surface area contributed by atoms with Crippen molar-refractivity contribution >= 4 is 22.6 Å². The molecule has 200 valence electrons. The number of anilines is 1. The van der Waals surface area contributed by atoms with Gasteiger partial charge in [-0.05, 0) is 66.8 Å². The number of rotatable bonds is 4. The van der Waals surface area contributed by atoms with Crippen molar-refractivity contribution < 1.29 is 19.0 Å². The fourth-order valence-electron chi connectivity index (χ4n) is 5.45. The van der Waals surface area contributed by atoms with Crippen LogP contribution in [0.15, 0.2) is 48.8 Å². The van der Waals surface area contributed by atoms with E-state index in [1.165, 1.54) is 10.5 Å². The Hall–Kier alpha value is -4.18. The van der Waals surface area contributed by atoms with E-state index in [1.807, 2.05) is 43.3 Å². The molecule has 9 nitrogen and oxygen atoms in total. The van der Waals surface area contributed by atoms with Crippen LogP contribution in [0, 0.1) is 6.92 Å². The van der Waals surface area contributed by atoms with Gasteiger partial charge >= 0.3 is 0 Å². The zero-order valence-electron chi connectivity index (χ0n) is 21.8. The molecule has 1 N–H and O–H groups in total. The first-order valence-electron chi connectivity index (χ1n) is 13.0. The number of hydrogen-bond acceptors (Lipinski definition) is 8. The number of aryl methyl sites for hydroxylation is 1. The number of likely N-dealkylation sites (tertiary alicyclic amines) is 1. The van der Waals surface area contributed by atoms with Gasteiger partial charge in [0.05, 0.1) is 31.0 Å². The molecule has 4 heterocycles. The second-order valence-electron chi connectivity index (χ2n) is 10.1. The molecule has 2 aromatic carbocycles. The lowest BCUT2D eigenvalue weighted by Gasteiger charge is -2.33. The van der Waals surface area contributed by atoms with E-state index in [4.69, 9.17) is 4.74 Å². The molecule has 2 aliphatic heterocycles. The number of fused-ring (bicyclic) bond motifs is 2. The number of carbonyl (C=O) groups is 1. The minimum absolute atomic E-state index is 0.0869. The van der Waals surface area contributed by atoms with E-state index >= 15 is 0 Å². The molecule has 1 saturated heterocycles. The van der Waals surface area contributed by atoms with Crippen LogP contribution in [0.25, 0.3) is 22.2 Å². The summed E-state index contributed by atoms with van der Waals surface area (Å²) in [6, 6.07) is 13.5. The molecular formula is C29H29FN6O3. The third-order valence-electron chi connectivity index (χ3n) is 7.61. The van der Waals surface area contributed by atoms with Crippen LogP contribution in [0.4, 0.5) is 10.2 Å². The number of benzene rings is 2. The number of alkyl halides is 1. The molecule has 2 aromatic heterocycles. The van der Waals surface area contributed by atoms with Crippen LogP contribution in [0.1, 0.15) is 33.5 Å². The summed E-state index contributed by atoms with van der Waals surface area (Å²) in [5.74, 6) is 1.06. The van der Waals surface area contributed by atoms with Gasteiger partial charge in [0.15, 0.2) is 0 Å². The molecule has 6 rings (SSSR count). The summed E-state index contributed by atoms with van der Waals surface area (Å²) in [6.07, 6.45) is 0.218. The molecule has 4 aromatic rings. The van der Waals surface area contributed by atoms with E-state index in [0.717, 1.165) is 52.1 Å². The molecule has 1 fully saturated rings. The van der Waals surface area contributed by atoms with Gasteiger partial charge in [0.25, 0.3) is 5.91 Å². The predicted molar refractivity (Wildman–Crippen MR) is 144 cm³/mol. The first-order valence-corrected chi connectivity index (χ1v) is 13.0. The van der Waals surface area contributed by atoms with E-state index in [-0.39, 0.29) is 18.9 Å². The van der Waals surface area contributed by atoms with Crippen LogP contribution in [-0.2, 0) is 13.0 Å². The van der Waals surface area contributed by atoms with Gasteiger partial charge in [0.1, 0.15) is 18.3 Å². The second kappa shape index (κ2) is 10.2. The van der Waals surface area contributed by atoms with Crippen LogP contribution >= 0.6 is 0 Å². The van der Waals surface area contributed by atoms with Gasteiger partial charge in [0, 0.05) is 42.2 Å². The highest BCUT2D eigenvalue weighted by Crippen LogP contribution is 2.33. The van der Waals surface area contributed by atoms with Crippen molar-refractivity contribution in [2.75, 3.05) is 31.6 Å². The minimum atomic E-state index is -1.42. The van der Waals surface area contributed by atoms with Crippen LogP contribution < -0.4 is 9.64 Å². The summed E-state index contributed by atoms with van der Waals surface area (Å²) in [4.78, 5) is 26.1. The standard InChI is InChI=1S/C29H29FN6O3/c1-17-11-20(24-5-6-26(39-2)34-33-24)13-22-27(17)31-16-32-28(22)35-9-7-18-3-4-19(12-21(18)14-35)29(38)36-10-8-25(37)23(30)15-36/h3-6,11-13,16,23,25,37H,7-10,14-15H2,1-2H3/t23-,25+/m1/s1. The highest BCUT2D eigenvalue weighted by Gasteiger charge is 2.31. The molecule has 10 heteroatoms. The quantitative estimate of drug-likeness (QED) is 0.429. The fraction of sp³-hybridized carbons (Fsp3) is 0.345. The number of nitrogens with zero attached hydrogens (tertiary/aromatic N) is 6. The maximum atomic E-state index is 14.1. The third-order valence-corrected chi connectivity index (χ3v) is 7.61. The molecule has 0 spiro atoms. The van der Waals surface area contributed by atoms with Crippen LogP contribution in [0.3, 0.4) is 0 Å². The number of ether oxygens (including phenoxy) is 1. The second-order valence-corrected chi connectivity index (χ2v) is 10.1. The van der Waals surface area contributed by atoms with Crippen LogP contribution in [0.5, 0.6) is 5.88 Å². The molecule has 0 aliphatic carbocycles. The van der Waals surface area contributed by atoms with Crippen molar-refractivity contribution in [1.82, 2.24) is 25.1 Å². The number of amides is 1. The molecule has 1 amide bonds. The van der Waals surface area contributed by atoms with Gasteiger partial charge in [-0.2, -0.15) is 0 Å². The Morgan fingerprint density at radius 2 is 1.95 bits per heavy atom. The zero-order chi connectivity index (χ0) is 27.1. The summed E-state index contributed by atoms with van der Waals surface area (Å²) in [6.45, 7) is 3.63. The van der Waals surface area contributed by atoms with Gasteiger partial charge in [-0.25, -0.2) is 14.4 Å². The Bertz CT molecular complexity index is 1550. The van der Waals surface area contributed by atoms with E-state index in [1.54, 1.807) is 19.5 Å². The summed E-state index contributed by atoms with van der Waals surface area (Å²) >= 11 is 0. The number of halogens is 1. The van der Waals surface area contributed by atoms with Crippen molar-refractivity contribution in [3.05, 3.63) is 71.0 Å². The average Bonchev–Trinajstić information content (AvgIpc) is 2.97. The Balaban J connectivity index is 1.31. The van der Waals surface area contributed by atoms with Gasteiger partial charge in [0.2, 0.25) is 5.88 Å². The van der Waals surface area contributed by atoms with E-state index in [2.05, 4.69) is 25.1 Å². The summed E-state index contributed by atoms with van der Waals surface area (Å²) in [7, 11) is 1.56. The lowest BCUT2D eigenvalue weighted by Crippen LogP contribution is -2.47. The molecule has 2 atom stereocenters. The highest BCUT2D eigenvalue weighted by atomic mass is 19.1. The monoisotopic (exact) mass is 528 g/mol. The predicted octanol–water partition coefficient (Wildman–Crippen LogP) is 3.51. The number of carbonyl (C=O) groups excluding carboxylic acids is 1. The van der Waals surface area contributed by atoms with Gasteiger partial charge in [-0.1, -0.05) is 6.07 Å². The van der Waals surface area contributed by atoms with Crippen molar-refractivity contribution in [1.29, 1.82) is 0 Å². The Kier molecular flexibility index (Phi) is 6.56. The lowest BCUT2D eigenvalue weighted by molar-refractivity contribution is 0.00825. The van der Waals surface area contributed by atoms with Gasteiger partial charge in [-0.3, -0.25) is 4.79 Å². The molecule has 0 radical (unpaired) electrons. The van der Waals surface area contributed by atoms with Crippen molar-refractivity contribution in [2.45, 2.75) is 38.6 Å². The molecule has 39 heavy (non-hydrogen) atoms. The molecule has 2 aliphatic rings. The molecule has 0 saturated carbocycles. The largest absolute Gasteiger partial charge is 0.480 e. The molecule has 0 unspecified atom stereocenters. The zero-order valence-corrected chi connectivity index (χ0v) is 21.8. The fourth-order valence-corrected chi connectivity index (χ4v) is 5.45. The average molecular weight is 529 g/mol. The smallest absolute Gasteiger partial charge is 0.253 e. The first-order chi connectivity index (χ1) is 18.9. The van der Waals surface area contributed by atoms with Crippen molar-refractivity contribution in [3.8, 4) is 17.1 Å². The maximum absolute atomic E-state index is 14.1. The summed E-state index contributed by atoms with van der Waals surface area (Å²) < 4.78 is 19.2. The van der Waals surface area contributed by atoms with Crippen molar-refractivity contribution in [2.24, 2.45) is 0 Å². The normalized spacial score (nSPS) is 19.2. The number of aliphatic hydroxyl groups is 1. The van der Waals surface area contributed by atoms with E-state index < -0.39 is 12.3 Å².